The fourth-order valence-corrected chi connectivity index (χ4v) is 3.50. The predicted molar refractivity (Wildman–Crippen MR) is 86.6 cm³/mol. The maximum Gasteiger partial charge on any atom is 0.312 e. The van der Waals surface area contributed by atoms with Crippen molar-refractivity contribution < 1.29 is 9.66 Å². The van der Waals surface area contributed by atoms with Gasteiger partial charge >= 0.3 is 5.69 Å². The van der Waals surface area contributed by atoms with Gasteiger partial charge in [0.15, 0.2) is 5.75 Å². The first-order valence-corrected chi connectivity index (χ1v) is 8.28. The number of nitro benzene ring substituents is 1. The van der Waals surface area contributed by atoms with Crippen LogP contribution in [0.2, 0.25) is 0 Å². The molecule has 3 atom stereocenters. The number of halogens is 1. The Morgan fingerprint density at radius 2 is 2.10 bits per heavy atom. The number of nitro groups is 1. The quantitative estimate of drug-likeness (QED) is 0.551. The molecule has 0 bridgehead atoms. The third-order valence-electron chi connectivity index (χ3n) is 4.36. The molecule has 5 heteroatoms. The molecule has 3 unspecified atom stereocenters. The molecule has 2 rings (SSSR count). The van der Waals surface area contributed by atoms with E-state index in [1.165, 1.54) is 12.5 Å². The van der Waals surface area contributed by atoms with Gasteiger partial charge in [0.25, 0.3) is 0 Å². The van der Waals surface area contributed by atoms with Crippen LogP contribution in [0.5, 0.6) is 5.75 Å². The van der Waals surface area contributed by atoms with Gasteiger partial charge in [0, 0.05) is 10.5 Å². The Hall–Kier alpha value is -1.10. The van der Waals surface area contributed by atoms with E-state index >= 15 is 0 Å². The lowest BCUT2D eigenvalue weighted by Crippen LogP contribution is -2.36. The van der Waals surface area contributed by atoms with Crippen LogP contribution >= 0.6 is 15.9 Å². The molecule has 0 spiro atoms. The van der Waals surface area contributed by atoms with Crippen molar-refractivity contribution in [1.29, 1.82) is 0 Å². The summed E-state index contributed by atoms with van der Waals surface area (Å²) in [7, 11) is 0. The van der Waals surface area contributed by atoms with Crippen molar-refractivity contribution in [3.8, 4) is 5.75 Å². The van der Waals surface area contributed by atoms with Crippen LogP contribution in [-0.4, -0.2) is 11.0 Å². The number of nitrogens with zero attached hydrogens (tertiary/aromatic N) is 1. The maximum atomic E-state index is 11.2. The third-order valence-corrected chi connectivity index (χ3v) is 4.85. The first kappa shape index (κ1) is 16.3. The molecule has 1 aromatic rings. The Labute approximate surface area is 134 Å². The highest BCUT2D eigenvalue weighted by Gasteiger charge is 2.33. The molecule has 1 saturated carbocycles. The van der Waals surface area contributed by atoms with Gasteiger partial charge < -0.3 is 4.74 Å². The van der Waals surface area contributed by atoms with Gasteiger partial charge in [0.05, 0.1) is 4.92 Å². The molecule has 1 aliphatic carbocycles. The van der Waals surface area contributed by atoms with Crippen molar-refractivity contribution in [2.75, 3.05) is 0 Å². The monoisotopic (exact) mass is 355 g/mol. The van der Waals surface area contributed by atoms with Crippen molar-refractivity contribution in [3.05, 3.63) is 32.8 Å². The fourth-order valence-electron chi connectivity index (χ4n) is 3.15. The van der Waals surface area contributed by atoms with Crippen LogP contribution in [0.15, 0.2) is 22.7 Å². The zero-order valence-electron chi connectivity index (χ0n) is 12.7. The van der Waals surface area contributed by atoms with E-state index in [4.69, 9.17) is 4.74 Å². The molecule has 1 fully saturated rings. The Morgan fingerprint density at radius 3 is 2.71 bits per heavy atom. The van der Waals surface area contributed by atoms with Crippen molar-refractivity contribution in [3.63, 3.8) is 0 Å². The van der Waals surface area contributed by atoms with Gasteiger partial charge in [-0.05, 0) is 42.7 Å². The van der Waals surface area contributed by atoms with E-state index in [1.54, 1.807) is 12.1 Å². The standard InChI is InChI=1S/C16H22BrNO3/c1-10(2)13-6-4-11(3)8-16(13)21-15-7-5-12(17)9-14(15)18(19)20/h5,7,9-11,13,16H,4,6,8H2,1-3H3. The smallest absolute Gasteiger partial charge is 0.312 e. The third kappa shape index (κ3) is 3.96. The van der Waals surface area contributed by atoms with Crippen molar-refractivity contribution >= 4 is 21.6 Å². The largest absolute Gasteiger partial charge is 0.483 e. The Kier molecular flexibility index (Phi) is 5.25. The van der Waals surface area contributed by atoms with Gasteiger partial charge in [-0.25, -0.2) is 0 Å². The van der Waals surface area contributed by atoms with E-state index in [0.29, 0.717) is 28.0 Å². The van der Waals surface area contributed by atoms with E-state index in [9.17, 15) is 10.1 Å². The summed E-state index contributed by atoms with van der Waals surface area (Å²) in [6, 6.07) is 4.99. The summed E-state index contributed by atoms with van der Waals surface area (Å²) in [5.74, 6) is 1.98. The number of ether oxygens (including phenoxy) is 1. The maximum absolute atomic E-state index is 11.2. The van der Waals surface area contributed by atoms with E-state index in [-0.39, 0.29) is 16.7 Å². The van der Waals surface area contributed by atoms with Crippen LogP contribution < -0.4 is 4.74 Å². The minimum Gasteiger partial charge on any atom is -0.483 e. The zero-order valence-corrected chi connectivity index (χ0v) is 14.3. The van der Waals surface area contributed by atoms with Crippen molar-refractivity contribution in [2.45, 2.75) is 46.1 Å². The highest BCUT2D eigenvalue weighted by Crippen LogP contribution is 2.38. The topological polar surface area (TPSA) is 52.4 Å². The molecule has 0 saturated heterocycles. The van der Waals surface area contributed by atoms with E-state index in [2.05, 4.69) is 36.7 Å². The number of benzene rings is 1. The second kappa shape index (κ2) is 6.77. The van der Waals surface area contributed by atoms with Crippen LogP contribution in [0, 0.1) is 27.9 Å². The summed E-state index contributed by atoms with van der Waals surface area (Å²) in [6.45, 7) is 6.63. The summed E-state index contributed by atoms with van der Waals surface area (Å²) in [5.41, 5.74) is 0.0325. The second-order valence-corrected chi connectivity index (χ2v) is 7.27. The average molecular weight is 356 g/mol. The molecule has 1 aliphatic rings. The molecule has 4 nitrogen and oxygen atoms in total. The van der Waals surface area contributed by atoms with E-state index in [1.807, 2.05) is 0 Å². The molecule has 1 aromatic carbocycles. The van der Waals surface area contributed by atoms with E-state index in [0.717, 1.165) is 12.8 Å². The summed E-state index contributed by atoms with van der Waals surface area (Å²) in [4.78, 5) is 10.8. The molecule has 0 N–H and O–H groups in total. The second-order valence-electron chi connectivity index (χ2n) is 6.35. The van der Waals surface area contributed by atoms with Crippen molar-refractivity contribution in [2.24, 2.45) is 17.8 Å². The molecule has 0 aliphatic heterocycles. The Balaban J connectivity index is 2.24. The van der Waals surface area contributed by atoms with Crippen LogP contribution in [0.25, 0.3) is 0 Å². The van der Waals surface area contributed by atoms with Crippen LogP contribution in [-0.2, 0) is 0 Å². The summed E-state index contributed by atoms with van der Waals surface area (Å²) >= 11 is 3.27. The first-order chi connectivity index (χ1) is 9.88. The zero-order chi connectivity index (χ0) is 15.6. The van der Waals surface area contributed by atoms with Gasteiger partial charge in [-0.3, -0.25) is 10.1 Å². The minimum absolute atomic E-state index is 0.0325. The molecule has 0 aromatic heterocycles. The van der Waals surface area contributed by atoms with Gasteiger partial charge in [-0.1, -0.05) is 43.1 Å². The number of hydrogen-bond donors (Lipinski definition) is 0. The lowest BCUT2D eigenvalue weighted by atomic mass is 9.75. The van der Waals surface area contributed by atoms with Gasteiger partial charge in [-0.2, -0.15) is 0 Å². The minimum atomic E-state index is -0.378. The number of hydrogen-bond acceptors (Lipinski definition) is 3. The molecule has 21 heavy (non-hydrogen) atoms. The van der Waals surface area contributed by atoms with Crippen LogP contribution in [0.1, 0.15) is 40.0 Å². The van der Waals surface area contributed by atoms with Crippen molar-refractivity contribution in [1.82, 2.24) is 0 Å². The molecule has 0 radical (unpaired) electrons. The summed E-state index contributed by atoms with van der Waals surface area (Å²) < 4.78 is 6.78. The molecular weight excluding hydrogens is 334 g/mol. The fraction of sp³-hybridized carbons (Fsp3) is 0.625. The lowest BCUT2D eigenvalue weighted by molar-refractivity contribution is -0.386. The molecule has 116 valence electrons. The average Bonchev–Trinajstić information content (AvgIpc) is 2.40. The first-order valence-electron chi connectivity index (χ1n) is 7.49. The lowest BCUT2D eigenvalue weighted by Gasteiger charge is -2.37. The van der Waals surface area contributed by atoms with Crippen LogP contribution in [0.4, 0.5) is 5.69 Å². The highest BCUT2D eigenvalue weighted by molar-refractivity contribution is 9.10. The Bertz CT molecular complexity index is 518. The molecule has 0 heterocycles. The van der Waals surface area contributed by atoms with Gasteiger partial charge in [-0.15, -0.1) is 0 Å². The molecule has 0 amide bonds. The SMILES string of the molecule is CC1CCC(C(C)C)C(Oc2ccc(Br)cc2[N+](=O)[O-])C1. The Morgan fingerprint density at radius 1 is 1.38 bits per heavy atom. The highest BCUT2D eigenvalue weighted by atomic mass is 79.9. The predicted octanol–water partition coefficient (Wildman–Crippen LogP) is 5.20. The van der Waals surface area contributed by atoms with Gasteiger partial charge in [0.1, 0.15) is 6.10 Å². The van der Waals surface area contributed by atoms with Gasteiger partial charge in [0.2, 0.25) is 0 Å². The summed E-state index contributed by atoms with van der Waals surface area (Å²) in [6.07, 6.45) is 3.38. The normalized spacial score (nSPS) is 25.9. The summed E-state index contributed by atoms with van der Waals surface area (Å²) in [5, 5.41) is 11.2. The van der Waals surface area contributed by atoms with Crippen LogP contribution in [0.3, 0.4) is 0 Å². The molecular formula is C16H22BrNO3. The van der Waals surface area contributed by atoms with E-state index < -0.39 is 0 Å². The number of rotatable bonds is 4.